The number of rotatable bonds is 3. The molecule has 0 amide bonds. The van der Waals surface area contributed by atoms with Gasteiger partial charge in [0.05, 0.1) is 0 Å². The molecule has 4 rings (SSSR count). The number of benzene rings is 1. The lowest BCUT2D eigenvalue weighted by Crippen LogP contribution is -2.21. The summed E-state index contributed by atoms with van der Waals surface area (Å²) in [5, 5.41) is 4.93. The normalized spacial score (nSPS) is 11.2. The third-order valence-electron chi connectivity index (χ3n) is 4.08. The molecule has 6 nitrogen and oxygen atoms in total. The zero-order chi connectivity index (χ0) is 16.7. The Morgan fingerprint density at radius 2 is 1.83 bits per heavy atom. The lowest BCUT2D eigenvalue weighted by molar-refractivity contribution is 0.370. The third-order valence-corrected chi connectivity index (χ3v) is 4.08. The van der Waals surface area contributed by atoms with Gasteiger partial charge in [-0.15, -0.1) is 0 Å². The van der Waals surface area contributed by atoms with Crippen molar-refractivity contribution >= 4 is 10.9 Å². The highest BCUT2D eigenvalue weighted by Gasteiger charge is 2.12. The SMILES string of the molecule is Cc1ccc(-c2noc(Cn3ccc4ccn(C)c4c3=O)n2)cc1. The van der Waals surface area contributed by atoms with Crippen molar-refractivity contribution in [3.05, 3.63) is 70.6 Å². The van der Waals surface area contributed by atoms with Crippen LogP contribution in [0.1, 0.15) is 11.5 Å². The Labute approximate surface area is 138 Å². The van der Waals surface area contributed by atoms with E-state index in [-0.39, 0.29) is 12.1 Å². The summed E-state index contributed by atoms with van der Waals surface area (Å²) in [5.74, 6) is 0.930. The minimum atomic E-state index is -0.0740. The first-order chi connectivity index (χ1) is 11.6. The van der Waals surface area contributed by atoms with Gasteiger partial charge in [-0.1, -0.05) is 35.0 Å². The van der Waals surface area contributed by atoms with Gasteiger partial charge < -0.3 is 13.7 Å². The van der Waals surface area contributed by atoms with Crippen molar-refractivity contribution in [3.63, 3.8) is 0 Å². The van der Waals surface area contributed by atoms with Crippen LogP contribution in [0.15, 0.2) is 58.1 Å². The quantitative estimate of drug-likeness (QED) is 0.582. The van der Waals surface area contributed by atoms with Crippen LogP contribution in [0.3, 0.4) is 0 Å². The van der Waals surface area contributed by atoms with Gasteiger partial charge in [-0.3, -0.25) is 4.79 Å². The van der Waals surface area contributed by atoms with Crippen LogP contribution < -0.4 is 5.56 Å². The van der Waals surface area contributed by atoms with Crippen molar-refractivity contribution < 1.29 is 4.52 Å². The highest BCUT2D eigenvalue weighted by atomic mass is 16.5. The molecule has 0 aliphatic rings. The number of aryl methyl sites for hydroxylation is 2. The van der Waals surface area contributed by atoms with E-state index in [1.807, 2.05) is 61.1 Å². The molecule has 0 saturated heterocycles. The molecular formula is C18H16N4O2. The van der Waals surface area contributed by atoms with Crippen LogP contribution in [0, 0.1) is 6.92 Å². The molecule has 1 aromatic carbocycles. The van der Waals surface area contributed by atoms with E-state index in [9.17, 15) is 4.79 Å². The summed E-state index contributed by atoms with van der Waals surface area (Å²) in [6, 6.07) is 11.7. The van der Waals surface area contributed by atoms with Crippen molar-refractivity contribution in [2.45, 2.75) is 13.5 Å². The van der Waals surface area contributed by atoms with E-state index in [1.165, 1.54) is 5.56 Å². The molecule has 120 valence electrons. The largest absolute Gasteiger partial charge is 0.346 e. The summed E-state index contributed by atoms with van der Waals surface area (Å²) < 4.78 is 8.70. The summed E-state index contributed by atoms with van der Waals surface area (Å²) in [6.07, 6.45) is 3.62. The van der Waals surface area contributed by atoms with Gasteiger partial charge in [0.2, 0.25) is 11.7 Å². The van der Waals surface area contributed by atoms with Crippen LogP contribution in [0.5, 0.6) is 0 Å². The van der Waals surface area contributed by atoms with E-state index in [4.69, 9.17) is 4.52 Å². The fourth-order valence-corrected chi connectivity index (χ4v) is 2.74. The van der Waals surface area contributed by atoms with Gasteiger partial charge in [0.25, 0.3) is 5.56 Å². The minimum absolute atomic E-state index is 0.0740. The maximum atomic E-state index is 12.6. The Morgan fingerprint density at radius 1 is 1.08 bits per heavy atom. The molecule has 0 atom stereocenters. The van der Waals surface area contributed by atoms with Gasteiger partial charge in [-0.25, -0.2) is 0 Å². The number of aromatic nitrogens is 4. The van der Waals surface area contributed by atoms with Crippen LogP contribution >= 0.6 is 0 Å². The predicted octanol–water partition coefficient (Wildman–Crippen LogP) is 2.75. The second-order valence-electron chi connectivity index (χ2n) is 5.86. The molecule has 0 aliphatic carbocycles. The molecule has 3 heterocycles. The van der Waals surface area contributed by atoms with E-state index in [0.717, 1.165) is 10.9 Å². The van der Waals surface area contributed by atoms with E-state index in [0.29, 0.717) is 17.2 Å². The standard InChI is InChI=1S/C18H16N4O2/c1-12-3-5-14(6-4-12)17-19-15(24-20-17)11-22-10-8-13-7-9-21(2)16(13)18(22)23/h3-10H,11H2,1-2H3. The highest BCUT2D eigenvalue weighted by Crippen LogP contribution is 2.17. The fraction of sp³-hybridized carbons (Fsp3) is 0.167. The monoisotopic (exact) mass is 320 g/mol. The molecule has 0 radical (unpaired) electrons. The second kappa shape index (κ2) is 5.49. The van der Waals surface area contributed by atoms with Crippen LogP contribution in [0.25, 0.3) is 22.3 Å². The molecule has 3 aromatic heterocycles. The first kappa shape index (κ1) is 14.4. The van der Waals surface area contributed by atoms with Gasteiger partial charge in [0.1, 0.15) is 12.1 Å². The molecule has 0 aliphatic heterocycles. The average Bonchev–Trinajstić information content (AvgIpc) is 3.18. The smallest absolute Gasteiger partial charge is 0.275 e. The Kier molecular flexibility index (Phi) is 3.30. The van der Waals surface area contributed by atoms with Crippen molar-refractivity contribution in [2.24, 2.45) is 7.05 Å². The van der Waals surface area contributed by atoms with Crippen molar-refractivity contribution in [2.75, 3.05) is 0 Å². The summed E-state index contributed by atoms with van der Waals surface area (Å²) in [7, 11) is 1.86. The van der Waals surface area contributed by atoms with Crippen molar-refractivity contribution in [3.8, 4) is 11.4 Å². The Hall–Kier alpha value is -3.15. The molecular weight excluding hydrogens is 304 g/mol. The number of hydrogen-bond donors (Lipinski definition) is 0. The summed E-state index contributed by atoms with van der Waals surface area (Å²) >= 11 is 0. The Balaban J connectivity index is 1.67. The van der Waals surface area contributed by atoms with Gasteiger partial charge >= 0.3 is 0 Å². The zero-order valence-corrected chi connectivity index (χ0v) is 13.4. The van der Waals surface area contributed by atoms with Gasteiger partial charge in [-0.05, 0) is 19.1 Å². The van der Waals surface area contributed by atoms with Gasteiger partial charge in [0.15, 0.2) is 0 Å². The lowest BCUT2D eigenvalue weighted by atomic mass is 10.1. The molecule has 0 fully saturated rings. The zero-order valence-electron chi connectivity index (χ0n) is 13.4. The lowest BCUT2D eigenvalue weighted by Gasteiger charge is -2.03. The molecule has 0 N–H and O–H groups in total. The molecule has 0 spiro atoms. The molecule has 4 aromatic rings. The van der Waals surface area contributed by atoms with Gasteiger partial charge in [-0.2, -0.15) is 4.98 Å². The minimum Gasteiger partial charge on any atom is -0.346 e. The van der Waals surface area contributed by atoms with Crippen LogP contribution in [-0.2, 0) is 13.6 Å². The van der Waals surface area contributed by atoms with E-state index >= 15 is 0 Å². The Morgan fingerprint density at radius 3 is 2.62 bits per heavy atom. The molecule has 6 heteroatoms. The first-order valence-electron chi connectivity index (χ1n) is 7.66. The van der Waals surface area contributed by atoms with Crippen LogP contribution in [0.2, 0.25) is 0 Å². The molecule has 0 unspecified atom stereocenters. The molecule has 24 heavy (non-hydrogen) atoms. The Bertz CT molecular complexity index is 1070. The highest BCUT2D eigenvalue weighted by molar-refractivity contribution is 5.78. The summed E-state index contributed by atoms with van der Waals surface area (Å²) in [4.78, 5) is 17.0. The predicted molar refractivity (Wildman–Crippen MR) is 90.8 cm³/mol. The van der Waals surface area contributed by atoms with Crippen LogP contribution in [-0.4, -0.2) is 19.3 Å². The van der Waals surface area contributed by atoms with Crippen LogP contribution in [0.4, 0.5) is 0 Å². The number of pyridine rings is 1. The van der Waals surface area contributed by atoms with E-state index < -0.39 is 0 Å². The molecule has 0 bridgehead atoms. The number of fused-ring (bicyclic) bond motifs is 1. The van der Waals surface area contributed by atoms with Crippen molar-refractivity contribution in [1.82, 2.24) is 19.3 Å². The van der Waals surface area contributed by atoms with E-state index in [2.05, 4.69) is 10.1 Å². The third kappa shape index (κ3) is 2.42. The van der Waals surface area contributed by atoms with Gasteiger partial charge in [0, 0.05) is 30.4 Å². The second-order valence-corrected chi connectivity index (χ2v) is 5.86. The maximum absolute atomic E-state index is 12.6. The average molecular weight is 320 g/mol. The van der Waals surface area contributed by atoms with Crippen molar-refractivity contribution in [1.29, 1.82) is 0 Å². The topological polar surface area (TPSA) is 65.8 Å². The summed E-state index contributed by atoms with van der Waals surface area (Å²) in [5.41, 5.74) is 2.65. The van der Waals surface area contributed by atoms with E-state index in [1.54, 1.807) is 10.8 Å². The summed E-state index contributed by atoms with van der Waals surface area (Å²) in [6.45, 7) is 2.27. The first-order valence-corrected chi connectivity index (χ1v) is 7.66. The molecule has 0 saturated carbocycles. The maximum Gasteiger partial charge on any atom is 0.275 e. The number of hydrogen-bond acceptors (Lipinski definition) is 4. The fourth-order valence-electron chi connectivity index (χ4n) is 2.74. The number of nitrogens with zero attached hydrogens (tertiary/aromatic N) is 4.